The molecule has 2 aliphatic heterocycles. The fourth-order valence-corrected chi connectivity index (χ4v) is 4.82. The van der Waals surface area contributed by atoms with Crippen LogP contribution in [0.5, 0.6) is 5.75 Å². The smallest absolute Gasteiger partial charge is 0.246 e. The van der Waals surface area contributed by atoms with E-state index in [4.69, 9.17) is 9.84 Å². The van der Waals surface area contributed by atoms with E-state index < -0.39 is 10.0 Å². The van der Waals surface area contributed by atoms with Crippen LogP contribution in [-0.2, 0) is 10.0 Å². The number of para-hydroxylation sites is 1. The normalized spacial score (nSPS) is 28.8. The first-order valence-electron chi connectivity index (χ1n) is 7.61. The summed E-state index contributed by atoms with van der Waals surface area (Å²) in [5.41, 5.74) is 0. The Morgan fingerprint density at radius 3 is 2.77 bits per heavy atom. The second kappa shape index (κ2) is 6.16. The summed E-state index contributed by atoms with van der Waals surface area (Å²) < 4.78 is 33.1. The lowest BCUT2D eigenvalue weighted by Crippen LogP contribution is -2.44. The summed E-state index contributed by atoms with van der Waals surface area (Å²) in [5, 5.41) is 9.10. The number of nitrogens with zero attached hydrogens (tertiary/aromatic N) is 2. The zero-order valence-corrected chi connectivity index (χ0v) is 13.5. The summed E-state index contributed by atoms with van der Waals surface area (Å²) in [6.45, 7) is 2.30. The van der Waals surface area contributed by atoms with Gasteiger partial charge in [0, 0.05) is 20.1 Å². The maximum Gasteiger partial charge on any atom is 0.246 e. The van der Waals surface area contributed by atoms with Gasteiger partial charge < -0.3 is 14.7 Å². The number of likely N-dealkylation sites (tertiary alicyclic amines) is 1. The van der Waals surface area contributed by atoms with Gasteiger partial charge in [0.1, 0.15) is 16.7 Å². The quantitative estimate of drug-likeness (QED) is 0.858. The summed E-state index contributed by atoms with van der Waals surface area (Å²) in [5.74, 6) is 0.442. The van der Waals surface area contributed by atoms with Crippen LogP contribution in [0.3, 0.4) is 0 Å². The van der Waals surface area contributed by atoms with Gasteiger partial charge in [0.05, 0.1) is 12.6 Å². The van der Waals surface area contributed by atoms with Crippen LogP contribution in [0.25, 0.3) is 0 Å². The first-order chi connectivity index (χ1) is 10.5. The van der Waals surface area contributed by atoms with Crippen LogP contribution in [0.4, 0.5) is 0 Å². The van der Waals surface area contributed by atoms with Crippen LogP contribution in [0.15, 0.2) is 29.2 Å². The summed E-state index contributed by atoms with van der Waals surface area (Å²) in [4.78, 5) is 2.41. The zero-order chi connectivity index (χ0) is 15.7. The second-order valence-electron chi connectivity index (χ2n) is 5.83. The zero-order valence-electron chi connectivity index (χ0n) is 12.7. The van der Waals surface area contributed by atoms with Crippen LogP contribution < -0.4 is 4.74 Å². The van der Waals surface area contributed by atoms with Crippen molar-refractivity contribution in [1.82, 2.24) is 9.21 Å². The number of likely N-dealkylation sites (N-methyl/N-ethyl adjacent to an activating group) is 1. The molecule has 1 N–H and O–H groups in total. The number of β-amino-alcohol motifs (C(OH)–C–C–N with tert-alkyl or cyclic N) is 1. The molecular formula is C15H22N2O4S. The van der Waals surface area contributed by atoms with Crippen LogP contribution >= 0.6 is 0 Å². The predicted molar refractivity (Wildman–Crippen MR) is 82.4 cm³/mol. The Kier molecular flexibility index (Phi) is 4.40. The Morgan fingerprint density at radius 2 is 2.00 bits per heavy atom. The van der Waals surface area contributed by atoms with E-state index in [-0.39, 0.29) is 23.6 Å². The molecule has 3 rings (SSSR count). The van der Waals surface area contributed by atoms with E-state index in [1.165, 1.54) is 4.31 Å². The first-order valence-corrected chi connectivity index (χ1v) is 9.05. The number of hydrogen-bond donors (Lipinski definition) is 1. The van der Waals surface area contributed by atoms with Gasteiger partial charge in [0.15, 0.2) is 0 Å². The van der Waals surface area contributed by atoms with E-state index in [1.807, 2.05) is 0 Å². The molecule has 1 fully saturated rings. The van der Waals surface area contributed by atoms with Crippen LogP contribution in [0.2, 0.25) is 0 Å². The average molecular weight is 326 g/mol. The van der Waals surface area contributed by atoms with Gasteiger partial charge in [0.25, 0.3) is 0 Å². The number of aliphatic hydroxyl groups excluding tert-OH is 1. The maximum absolute atomic E-state index is 12.8. The molecular weight excluding hydrogens is 304 g/mol. The minimum Gasteiger partial charge on any atom is -0.487 e. The molecule has 22 heavy (non-hydrogen) atoms. The highest BCUT2D eigenvalue weighted by Crippen LogP contribution is 2.35. The van der Waals surface area contributed by atoms with Gasteiger partial charge in [-0.2, -0.15) is 4.31 Å². The van der Waals surface area contributed by atoms with E-state index in [2.05, 4.69) is 4.90 Å². The van der Waals surface area contributed by atoms with Gasteiger partial charge in [0.2, 0.25) is 10.0 Å². The molecule has 2 atom stereocenters. The predicted octanol–water partition coefficient (Wildman–Crippen LogP) is 0.525. The molecule has 1 aromatic rings. The van der Waals surface area contributed by atoms with E-state index in [9.17, 15) is 8.42 Å². The number of aliphatic hydroxyl groups is 1. The molecule has 2 aliphatic rings. The van der Waals surface area contributed by atoms with Crippen LogP contribution in [0.1, 0.15) is 12.8 Å². The molecule has 0 saturated carbocycles. The van der Waals surface area contributed by atoms with Crippen molar-refractivity contribution in [1.29, 1.82) is 0 Å². The van der Waals surface area contributed by atoms with E-state index in [0.717, 1.165) is 19.5 Å². The van der Waals surface area contributed by atoms with Crippen molar-refractivity contribution < 1.29 is 18.3 Å². The lowest BCUT2D eigenvalue weighted by Gasteiger charge is -2.28. The van der Waals surface area contributed by atoms with Crippen molar-refractivity contribution in [2.45, 2.75) is 29.9 Å². The maximum atomic E-state index is 12.8. The lowest BCUT2D eigenvalue weighted by atomic mass is 10.1. The largest absolute Gasteiger partial charge is 0.487 e. The number of rotatable bonds is 2. The van der Waals surface area contributed by atoms with Gasteiger partial charge in [-0.1, -0.05) is 12.1 Å². The van der Waals surface area contributed by atoms with E-state index >= 15 is 0 Å². The fraction of sp³-hybridized carbons (Fsp3) is 0.600. The molecule has 2 heterocycles. The third-order valence-corrected chi connectivity index (χ3v) is 6.49. The topological polar surface area (TPSA) is 70.1 Å². The molecule has 0 spiro atoms. The number of fused-ring (bicyclic) bond motifs is 2. The Labute approximate surface area is 131 Å². The molecule has 1 aromatic carbocycles. The minimum atomic E-state index is -3.53. The number of sulfonamides is 1. The van der Waals surface area contributed by atoms with Crippen molar-refractivity contribution >= 4 is 10.0 Å². The lowest BCUT2D eigenvalue weighted by molar-refractivity contribution is 0.122. The highest BCUT2D eigenvalue weighted by molar-refractivity contribution is 7.89. The molecule has 0 amide bonds. The monoisotopic (exact) mass is 326 g/mol. The summed E-state index contributed by atoms with van der Waals surface area (Å²) in [7, 11) is -1.89. The SMILES string of the molecule is CN1[C@@H]2CCN(CCO)CC[C@H]2Oc2ccccc2S1(=O)=O. The molecule has 0 radical (unpaired) electrons. The molecule has 1 saturated heterocycles. The van der Waals surface area contributed by atoms with Gasteiger partial charge >= 0.3 is 0 Å². The van der Waals surface area contributed by atoms with Gasteiger partial charge in [-0.25, -0.2) is 8.42 Å². The molecule has 0 aromatic heterocycles. The molecule has 122 valence electrons. The summed E-state index contributed by atoms with van der Waals surface area (Å²) in [6, 6.07) is 6.66. The third kappa shape index (κ3) is 2.74. The summed E-state index contributed by atoms with van der Waals surface area (Å²) in [6.07, 6.45) is 1.29. The number of ether oxygens (including phenoxy) is 1. The molecule has 0 unspecified atom stereocenters. The highest BCUT2D eigenvalue weighted by atomic mass is 32.2. The Balaban J connectivity index is 1.95. The van der Waals surface area contributed by atoms with E-state index in [0.29, 0.717) is 18.7 Å². The third-order valence-electron chi connectivity index (χ3n) is 4.57. The van der Waals surface area contributed by atoms with Crippen molar-refractivity contribution in [2.24, 2.45) is 0 Å². The van der Waals surface area contributed by atoms with Crippen molar-refractivity contribution in [3.63, 3.8) is 0 Å². The van der Waals surface area contributed by atoms with Crippen LogP contribution in [0, 0.1) is 0 Å². The minimum absolute atomic E-state index is 0.118. The van der Waals surface area contributed by atoms with Gasteiger partial charge in [-0.3, -0.25) is 0 Å². The van der Waals surface area contributed by atoms with Crippen LogP contribution in [-0.4, -0.2) is 68.2 Å². The van der Waals surface area contributed by atoms with Crippen molar-refractivity contribution in [2.75, 3.05) is 33.3 Å². The number of benzene rings is 1. The Hall–Kier alpha value is -1.15. The Bertz CT molecular complexity index is 634. The van der Waals surface area contributed by atoms with Crippen molar-refractivity contribution in [3.05, 3.63) is 24.3 Å². The molecule has 6 nitrogen and oxygen atoms in total. The fourth-order valence-electron chi connectivity index (χ4n) is 3.29. The first kappa shape index (κ1) is 15.7. The highest BCUT2D eigenvalue weighted by Gasteiger charge is 2.41. The average Bonchev–Trinajstić information content (AvgIpc) is 2.73. The summed E-state index contributed by atoms with van der Waals surface area (Å²) >= 11 is 0. The molecule has 0 bridgehead atoms. The standard InChI is InChI=1S/C15H22N2O4S/c1-16-12-6-8-17(10-11-18)9-7-13(12)21-14-4-2-3-5-15(14)22(16,19)20/h2-5,12-13,18H,6-11H2,1H3/t12-,13-/m1/s1. The Morgan fingerprint density at radius 1 is 1.27 bits per heavy atom. The van der Waals surface area contributed by atoms with Gasteiger partial charge in [-0.05, 0) is 31.5 Å². The van der Waals surface area contributed by atoms with E-state index in [1.54, 1.807) is 31.3 Å². The van der Waals surface area contributed by atoms with Gasteiger partial charge in [-0.15, -0.1) is 0 Å². The number of hydrogen-bond acceptors (Lipinski definition) is 5. The molecule has 7 heteroatoms. The second-order valence-corrected chi connectivity index (χ2v) is 7.80. The molecule has 0 aliphatic carbocycles. The van der Waals surface area contributed by atoms with Crippen molar-refractivity contribution in [3.8, 4) is 5.75 Å².